The molecule has 0 saturated carbocycles. The van der Waals surface area contributed by atoms with Gasteiger partial charge in [-0.15, -0.1) is 0 Å². The van der Waals surface area contributed by atoms with Gasteiger partial charge in [-0.25, -0.2) is 0 Å². The SMILES string of the molecule is CCOC(=O)CCN(C)C1CCCN(CCC(=O)O)C1. The molecule has 0 spiro atoms. The van der Waals surface area contributed by atoms with Crippen LogP contribution in [0.15, 0.2) is 0 Å². The number of hydrogen-bond donors (Lipinski definition) is 1. The quantitative estimate of drug-likeness (QED) is 0.666. The molecule has 1 rings (SSSR count). The highest BCUT2D eigenvalue weighted by molar-refractivity contribution is 5.69. The van der Waals surface area contributed by atoms with Gasteiger partial charge in [0.1, 0.15) is 0 Å². The van der Waals surface area contributed by atoms with Gasteiger partial charge in [0.2, 0.25) is 0 Å². The van der Waals surface area contributed by atoms with E-state index in [0.29, 0.717) is 32.2 Å². The number of carbonyl (C=O) groups excluding carboxylic acids is 1. The van der Waals surface area contributed by atoms with Gasteiger partial charge >= 0.3 is 11.9 Å². The first-order chi connectivity index (χ1) is 9.52. The second-order valence-electron chi connectivity index (χ2n) is 5.28. The third kappa shape index (κ3) is 6.34. The minimum atomic E-state index is -0.747. The molecule has 1 unspecified atom stereocenters. The number of nitrogens with zero attached hydrogens (tertiary/aromatic N) is 2. The van der Waals surface area contributed by atoms with Crippen molar-refractivity contribution in [2.24, 2.45) is 0 Å². The minimum absolute atomic E-state index is 0.155. The summed E-state index contributed by atoms with van der Waals surface area (Å²) in [5, 5.41) is 8.73. The maximum atomic E-state index is 11.3. The number of hydrogen-bond acceptors (Lipinski definition) is 5. The first kappa shape index (κ1) is 16.9. The van der Waals surface area contributed by atoms with Crippen molar-refractivity contribution in [1.82, 2.24) is 9.80 Å². The molecule has 6 heteroatoms. The van der Waals surface area contributed by atoms with E-state index in [4.69, 9.17) is 9.84 Å². The van der Waals surface area contributed by atoms with Gasteiger partial charge in [0.05, 0.1) is 19.4 Å². The van der Waals surface area contributed by atoms with Crippen molar-refractivity contribution in [3.63, 3.8) is 0 Å². The maximum absolute atomic E-state index is 11.3. The van der Waals surface area contributed by atoms with Crippen molar-refractivity contribution in [1.29, 1.82) is 0 Å². The van der Waals surface area contributed by atoms with E-state index in [1.54, 1.807) is 0 Å². The first-order valence-corrected chi connectivity index (χ1v) is 7.33. The number of likely N-dealkylation sites (tertiary alicyclic amines) is 1. The second kappa shape index (κ2) is 8.92. The smallest absolute Gasteiger partial charge is 0.307 e. The van der Waals surface area contributed by atoms with Crippen LogP contribution in [0.3, 0.4) is 0 Å². The fourth-order valence-electron chi connectivity index (χ4n) is 2.53. The number of likely N-dealkylation sites (N-methyl/N-ethyl adjacent to an activating group) is 1. The van der Waals surface area contributed by atoms with Gasteiger partial charge in [0.15, 0.2) is 0 Å². The summed E-state index contributed by atoms with van der Waals surface area (Å²) in [5.41, 5.74) is 0. The van der Waals surface area contributed by atoms with Gasteiger partial charge in [0, 0.05) is 25.7 Å². The highest BCUT2D eigenvalue weighted by atomic mass is 16.5. The fourth-order valence-corrected chi connectivity index (χ4v) is 2.53. The summed E-state index contributed by atoms with van der Waals surface area (Å²) < 4.78 is 4.92. The van der Waals surface area contributed by atoms with E-state index in [9.17, 15) is 9.59 Å². The molecule has 1 aliphatic rings. The molecule has 0 aromatic carbocycles. The van der Waals surface area contributed by atoms with E-state index in [1.165, 1.54) is 0 Å². The molecule has 0 radical (unpaired) electrons. The lowest BCUT2D eigenvalue weighted by molar-refractivity contribution is -0.143. The Balaban J connectivity index is 2.30. The van der Waals surface area contributed by atoms with Crippen molar-refractivity contribution in [3.8, 4) is 0 Å². The summed E-state index contributed by atoms with van der Waals surface area (Å²) in [6.45, 7) is 5.38. The van der Waals surface area contributed by atoms with E-state index in [1.807, 2.05) is 14.0 Å². The molecular weight excluding hydrogens is 260 g/mol. The molecule has 0 bridgehead atoms. The Labute approximate surface area is 120 Å². The number of esters is 1. The number of aliphatic carboxylic acids is 1. The average molecular weight is 286 g/mol. The molecule has 0 amide bonds. The van der Waals surface area contributed by atoms with Crippen LogP contribution >= 0.6 is 0 Å². The monoisotopic (exact) mass is 286 g/mol. The van der Waals surface area contributed by atoms with Gasteiger partial charge in [-0.3, -0.25) is 9.59 Å². The van der Waals surface area contributed by atoms with Gasteiger partial charge in [0.25, 0.3) is 0 Å². The number of carboxylic acid groups (broad SMARTS) is 1. The summed E-state index contributed by atoms with van der Waals surface area (Å²) in [6.07, 6.45) is 2.78. The molecule has 0 aromatic heterocycles. The molecule has 20 heavy (non-hydrogen) atoms. The Morgan fingerprint density at radius 3 is 2.80 bits per heavy atom. The number of ether oxygens (including phenoxy) is 1. The highest BCUT2D eigenvalue weighted by Crippen LogP contribution is 2.15. The summed E-state index contributed by atoms with van der Waals surface area (Å²) in [4.78, 5) is 26.3. The van der Waals surface area contributed by atoms with E-state index < -0.39 is 5.97 Å². The first-order valence-electron chi connectivity index (χ1n) is 7.33. The normalized spacial score (nSPS) is 20.1. The highest BCUT2D eigenvalue weighted by Gasteiger charge is 2.23. The molecule has 6 nitrogen and oxygen atoms in total. The molecule has 116 valence electrons. The van der Waals surface area contributed by atoms with E-state index in [0.717, 1.165) is 25.9 Å². The predicted octanol–water partition coefficient (Wildman–Crippen LogP) is 0.811. The van der Waals surface area contributed by atoms with Gasteiger partial charge in [-0.1, -0.05) is 0 Å². The van der Waals surface area contributed by atoms with Crippen LogP contribution in [0.5, 0.6) is 0 Å². The zero-order valence-electron chi connectivity index (χ0n) is 12.5. The number of rotatable bonds is 8. The summed E-state index contributed by atoms with van der Waals surface area (Å²) in [5.74, 6) is -0.902. The predicted molar refractivity (Wildman–Crippen MR) is 75.6 cm³/mol. The van der Waals surface area contributed by atoms with Crippen LogP contribution in [0.4, 0.5) is 0 Å². The molecule has 1 heterocycles. The van der Waals surface area contributed by atoms with Crippen molar-refractivity contribution < 1.29 is 19.4 Å². The lowest BCUT2D eigenvalue weighted by Gasteiger charge is -2.37. The van der Waals surface area contributed by atoms with Crippen LogP contribution < -0.4 is 0 Å². The van der Waals surface area contributed by atoms with Crippen LogP contribution in [-0.4, -0.2) is 72.7 Å². The van der Waals surface area contributed by atoms with Gasteiger partial charge < -0.3 is 19.6 Å². The zero-order valence-corrected chi connectivity index (χ0v) is 12.5. The van der Waals surface area contributed by atoms with E-state index in [-0.39, 0.29) is 12.4 Å². The Morgan fingerprint density at radius 2 is 2.15 bits per heavy atom. The van der Waals surface area contributed by atoms with Gasteiger partial charge in [-0.05, 0) is 33.4 Å². The van der Waals surface area contributed by atoms with Crippen LogP contribution in [0.25, 0.3) is 0 Å². The van der Waals surface area contributed by atoms with Gasteiger partial charge in [-0.2, -0.15) is 0 Å². The summed E-state index contributed by atoms with van der Waals surface area (Å²) >= 11 is 0. The molecule has 0 aliphatic carbocycles. The molecule has 1 saturated heterocycles. The molecule has 1 N–H and O–H groups in total. The fraction of sp³-hybridized carbons (Fsp3) is 0.857. The second-order valence-corrected chi connectivity index (χ2v) is 5.28. The molecular formula is C14H26N2O4. The standard InChI is InChI=1S/C14H26N2O4/c1-3-20-14(19)7-9-15(2)12-5-4-8-16(11-12)10-6-13(17)18/h12H,3-11H2,1-2H3,(H,17,18). The summed E-state index contributed by atoms with van der Waals surface area (Å²) in [7, 11) is 2.02. The third-order valence-corrected chi connectivity index (χ3v) is 3.72. The van der Waals surface area contributed by atoms with Crippen molar-refractivity contribution >= 4 is 11.9 Å². The number of carbonyl (C=O) groups is 2. The van der Waals surface area contributed by atoms with Crippen LogP contribution in [-0.2, 0) is 14.3 Å². The minimum Gasteiger partial charge on any atom is -0.481 e. The third-order valence-electron chi connectivity index (χ3n) is 3.72. The van der Waals surface area contributed by atoms with E-state index >= 15 is 0 Å². The molecule has 1 atom stereocenters. The lowest BCUT2D eigenvalue weighted by atomic mass is 10.0. The molecule has 0 aromatic rings. The Morgan fingerprint density at radius 1 is 1.40 bits per heavy atom. The Hall–Kier alpha value is -1.14. The van der Waals surface area contributed by atoms with Crippen LogP contribution in [0.1, 0.15) is 32.6 Å². The van der Waals surface area contributed by atoms with Crippen molar-refractivity contribution in [2.45, 2.75) is 38.6 Å². The zero-order chi connectivity index (χ0) is 15.0. The van der Waals surface area contributed by atoms with Crippen LogP contribution in [0.2, 0.25) is 0 Å². The topological polar surface area (TPSA) is 70.1 Å². The Kier molecular flexibility index (Phi) is 7.54. The lowest BCUT2D eigenvalue weighted by Crippen LogP contribution is -2.47. The van der Waals surface area contributed by atoms with Crippen molar-refractivity contribution in [3.05, 3.63) is 0 Å². The molecule has 1 fully saturated rings. The number of carboxylic acids is 1. The average Bonchev–Trinajstić information content (AvgIpc) is 2.43. The van der Waals surface area contributed by atoms with E-state index in [2.05, 4.69) is 9.80 Å². The largest absolute Gasteiger partial charge is 0.481 e. The van der Waals surface area contributed by atoms with Crippen molar-refractivity contribution in [2.75, 3.05) is 39.8 Å². The Bertz CT molecular complexity index is 322. The summed E-state index contributed by atoms with van der Waals surface area (Å²) in [6, 6.07) is 0.395. The number of piperidine rings is 1. The maximum Gasteiger partial charge on any atom is 0.307 e. The molecule has 1 aliphatic heterocycles. The van der Waals surface area contributed by atoms with Crippen LogP contribution in [0, 0.1) is 0 Å².